The second-order valence-corrected chi connectivity index (χ2v) is 15.7. The third kappa shape index (κ3) is 5.83. The van der Waals surface area contributed by atoms with Gasteiger partial charge in [-0.15, -0.1) is 13.1 Å². The minimum atomic E-state index is -1.45. The SMILES string of the molecule is COc1ccc(C2=CC=CC3C2CCC3[Si](C)(C)N2CC[N-]CC2)cc1.[CH3-].[Cl][Ti][Cl]. The van der Waals surface area contributed by atoms with Crippen molar-refractivity contribution in [2.24, 2.45) is 11.8 Å². The zero-order valence-electron chi connectivity index (χ0n) is 18.6. The van der Waals surface area contributed by atoms with Crippen molar-refractivity contribution in [1.29, 1.82) is 0 Å². The average molecular weight is 501 g/mol. The molecule has 1 aliphatic heterocycles. The van der Waals surface area contributed by atoms with E-state index in [0.717, 1.165) is 24.4 Å². The van der Waals surface area contributed by atoms with E-state index in [2.05, 4.69) is 65.5 Å². The van der Waals surface area contributed by atoms with Gasteiger partial charge >= 0.3 is 35.6 Å². The molecule has 0 N–H and O–H groups in total. The van der Waals surface area contributed by atoms with Gasteiger partial charge in [0.25, 0.3) is 0 Å². The summed E-state index contributed by atoms with van der Waals surface area (Å²) in [6.45, 7) is 9.62. The molecule has 3 aliphatic rings. The molecule has 166 valence electrons. The first-order chi connectivity index (χ1) is 14.0. The molecule has 1 aromatic carbocycles. The first-order valence-corrected chi connectivity index (χ1v) is 17.7. The Morgan fingerprint density at radius 1 is 1.10 bits per heavy atom. The molecular formula is C23H34Cl2N2OSiTi-2. The maximum atomic E-state index is 5.33. The Labute approximate surface area is 201 Å². The first kappa shape index (κ1) is 26.2. The number of methoxy groups -OCH3 is 1. The third-order valence-corrected chi connectivity index (χ3v) is 11.5. The van der Waals surface area contributed by atoms with Crippen LogP contribution in [0.15, 0.2) is 42.5 Å². The van der Waals surface area contributed by atoms with Gasteiger partial charge in [-0.2, -0.15) is 0 Å². The zero-order valence-corrected chi connectivity index (χ0v) is 22.6. The van der Waals surface area contributed by atoms with E-state index in [4.69, 9.17) is 23.3 Å². The van der Waals surface area contributed by atoms with Crippen molar-refractivity contribution in [3.05, 3.63) is 60.8 Å². The first-order valence-electron chi connectivity index (χ1n) is 10.4. The van der Waals surface area contributed by atoms with Crippen LogP contribution in [0.1, 0.15) is 18.4 Å². The van der Waals surface area contributed by atoms with E-state index < -0.39 is 25.3 Å². The van der Waals surface area contributed by atoms with Crippen LogP contribution in [0.2, 0.25) is 18.6 Å². The summed E-state index contributed by atoms with van der Waals surface area (Å²) in [5.74, 6) is 2.32. The van der Waals surface area contributed by atoms with Crippen molar-refractivity contribution in [3.63, 3.8) is 0 Å². The molecule has 0 bridgehead atoms. The fourth-order valence-corrected chi connectivity index (χ4v) is 9.38. The summed E-state index contributed by atoms with van der Waals surface area (Å²) in [7, 11) is 10.1. The van der Waals surface area contributed by atoms with Gasteiger partial charge in [0, 0.05) is 0 Å². The number of ether oxygens (including phenoxy) is 1. The summed E-state index contributed by atoms with van der Waals surface area (Å²) < 4.78 is 8.16. The van der Waals surface area contributed by atoms with Gasteiger partial charge in [0.15, 0.2) is 0 Å². The maximum absolute atomic E-state index is 5.33. The number of halogens is 2. The predicted molar refractivity (Wildman–Crippen MR) is 130 cm³/mol. The third-order valence-electron chi connectivity index (χ3n) is 6.93. The van der Waals surface area contributed by atoms with E-state index in [0.29, 0.717) is 11.8 Å². The molecule has 3 atom stereocenters. The molecule has 2 aliphatic carbocycles. The number of piperazine rings is 1. The van der Waals surface area contributed by atoms with Gasteiger partial charge in [0.1, 0.15) is 14.0 Å². The molecule has 4 rings (SSSR count). The monoisotopic (exact) mass is 500 g/mol. The number of nitrogens with zero attached hydrogens (tertiary/aromatic N) is 2. The fourth-order valence-electron chi connectivity index (χ4n) is 5.40. The summed E-state index contributed by atoms with van der Waals surface area (Å²) in [5.41, 5.74) is 3.74. The predicted octanol–water partition coefficient (Wildman–Crippen LogP) is 6.77. The van der Waals surface area contributed by atoms with Crippen LogP contribution in [0.4, 0.5) is 0 Å². The average Bonchev–Trinajstić information content (AvgIpc) is 3.20. The van der Waals surface area contributed by atoms with Crippen LogP contribution in [0.5, 0.6) is 5.75 Å². The molecule has 30 heavy (non-hydrogen) atoms. The standard InChI is InChI=1S/C22H31N2OSi.CH3.2ClH.Ti/c1-25-18-9-7-17(8-10-18)19-5-4-6-21-20(19)11-12-22(21)26(2,3)24-15-13-23-14-16-24;;;;/h4-10,20-22H,11-16H2,1-3H3;1H3;2*1H;/q2*-1;;;+2/p-2. The second-order valence-electron chi connectivity index (χ2n) is 8.49. The number of allylic oxidation sites excluding steroid dienone is 4. The van der Waals surface area contributed by atoms with Gasteiger partial charge in [-0.25, -0.2) is 0 Å². The van der Waals surface area contributed by atoms with Crippen LogP contribution < -0.4 is 4.74 Å². The summed E-state index contributed by atoms with van der Waals surface area (Å²) in [5, 5.41) is 4.56. The van der Waals surface area contributed by atoms with Crippen LogP contribution in [0.3, 0.4) is 0 Å². The molecule has 0 spiro atoms. The Bertz CT molecular complexity index is 720. The van der Waals surface area contributed by atoms with E-state index in [1.54, 1.807) is 7.11 Å². The molecule has 7 heteroatoms. The molecule has 1 aromatic rings. The van der Waals surface area contributed by atoms with E-state index in [9.17, 15) is 0 Å². The summed E-state index contributed by atoms with van der Waals surface area (Å²) in [6.07, 6.45) is 9.87. The van der Waals surface area contributed by atoms with E-state index in [1.807, 2.05) is 0 Å². The van der Waals surface area contributed by atoms with Gasteiger partial charge < -0.3 is 22.0 Å². The Morgan fingerprint density at radius 2 is 1.73 bits per heavy atom. The molecule has 3 unspecified atom stereocenters. The molecule has 1 saturated heterocycles. The van der Waals surface area contributed by atoms with Crippen molar-refractivity contribution in [1.82, 2.24) is 4.57 Å². The van der Waals surface area contributed by atoms with Crippen molar-refractivity contribution >= 4 is 32.4 Å². The van der Waals surface area contributed by atoms with Gasteiger partial charge in [-0.1, -0.05) is 49.9 Å². The van der Waals surface area contributed by atoms with Gasteiger partial charge in [-0.05, 0) is 60.2 Å². The fraction of sp³-hybridized carbons (Fsp3) is 0.522. The number of hydrogen-bond donors (Lipinski definition) is 0. The van der Waals surface area contributed by atoms with Crippen LogP contribution >= 0.6 is 18.6 Å². The molecule has 0 radical (unpaired) electrons. The minimum absolute atomic E-state index is 0. The van der Waals surface area contributed by atoms with Crippen LogP contribution in [0, 0.1) is 19.3 Å². The van der Waals surface area contributed by atoms with Crippen molar-refractivity contribution in [2.75, 3.05) is 33.3 Å². The normalized spacial score (nSPS) is 25.9. The van der Waals surface area contributed by atoms with Crippen molar-refractivity contribution in [3.8, 4) is 5.75 Å². The number of fused-ring (bicyclic) bond motifs is 1. The summed E-state index contributed by atoms with van der Waals surface area (Å²) in [6, 6.07) is 8.63. The number of hydrogen-bond acceptors (Lipinski definition) is 2. The van der Waals surface area contributed by atoms with E-state index >= 15 is 0 Å². The van der Waals surface area contributed by atoms with E-state index in [1.165, 1.54) is 37.1 Å². The summed E-state index contributed by atoms with van der Waals surface area (Å²) >= 11 is -0.556. The Hall–Kier alpha value is -0.0688. The quantitative estimate of drug-likeness (QED) is 0.337. The van der Waals surface area contributed by atoms with Gasteiger partial charge in [0.05, 0.1) is 7.11 Å². The second kappa shape index (κ2) is 12.2. The zero-order chi connectivity index (χ0) is 20.9. The number of rotatable bonds is 4. The topological polar surface area (TPSA) is 26.6 Å². The Kier molecular flexibility index (Phi) is 10.7. The molecule has 0 aromatic heterocycles. The molecule has 1 saturated carbocycles. The van der Waals surface area contributed by atoms with Crippen LogP contribution in [-0.4, -0.2) is 46.1 Å². The van der Waals surface area contributed by atoms with Gasteiger partial charge in [0.2, 0.25) is 0 Å². The summed E-state index contributed by atoms with van der Waals surface area (Å²) in [4.78, 5) is 0. The van der Waals surface area contributed by atoms with Crippen LogP contribution in [-0.2, 0) is 17.0 Å². The van der Waals surface area contributed by atoms with Crippen molar-refractivity contribution < 1.29 is 21.8 Å². The molecule has 2 fully saturated rings. The molecule has 3 nitrogen and oxygen atoms in total. The Morgan fingerprint density at radius 3 is 2.33 bits per heavy atom. The van der Waals surface area contributed by atoms with Gasteiger partial charge in [-0.3, -0.25) is 0 Å². The van der Waals surface area contributed by atoms with E-state index in [-0.39, 0.29) is 7.43 Å². The molecule has 1 heterocycles. The molecule has 0 amide bonds. The Balaban J connectivity index is 0.000000757. The van der Waals surface area contributed by atoms with Crippen LogP contribution in [0.25, 0.3) is 10.9 Å². The van der Waals surface area contributed by atoms with Crippen molar-refractivity contribution in [2.45, 2.75) is 31.5 Å². The molecular weight excluding hydrogens is 467 g/mol. The number of benzene rings is 1.